The van der Waals surface area contributed by atoms with Crippen LogP contribution in [-0.4, -0.2) is 22.3 Å². The zero-order valence-electron chi connectivity index (χ0n) is 13.9. The maximum Gasteiger partial charge on any atom is 0.246 e. The monoisotopic (exact) mass is 330 g/mol. The molecule has 0 aliphatic rings. The summed E-state index contributed by atoms with van der Waals surface area (Å²) < 4.78 is 5.16. The molecule has 3 aromatic carbocycles. The maximum atomic E-state index is 5.16. The molecule has 0 amide bonds. The van der Waals surface area contributed by atoms with Crippen molar-refractivity contribution < 1.29 is 4.74 Å². The molecule has 4 aromatic rings. The van der Waals surface area contributed by atoms with Crippen LogP contribution in [0.2, 0.25) is 0 Å². The van der Waals surface area contributed by atoms with Gasteiger partial charge in [0.05, 0.1) is 7.11 Å². The SMILES string of the molecule is COc1ccc(Nc2n[nH]c(Cc3ccc4ccccc4c3)n2)cc1. The molecule has 2 N–H and O–H groups in total. The second-order valence-electron chi connectivity index (χ2n) is 5.82. The van der Waals surface area contributed by atoms with E-state index in [-0.39, 0.29) is 0 Å². The Hall–Kier alpha value is -3.34. The van der Waals surface area contributed by atoms with Gasteiger partial charge in [-0.2, -0.15) is 4.98 Å². The van der Waals surface area contributed by atoms with E-state index in [4.69, 9.17) is 4.74 Å². The van der Waals surface area contributed by atoms with Crippen LogP contribution in [0.3, 0.4) is 0 Å². The summed E-state index contributed by atoms with van der Waals surface area (Å²) in [5, 5.41) is 12.9. The fourth-order valence-corrected chi connectivity index (χ4v) is 2.78. The number of nitrogens with one attached hydrogen (secondary N) is 2. The van der Waals surface area contributed by atoms with Crippen LogP contribution in [0.5, 0.6) is 5.75 Å². The first-order valence-electron chi connectivity index (χ1n) is 8.10. The normalized spacial score (nSPS) is 10.8. The van der Waals surface area contributed by atoms with E-state index >= 15 is 0 Å². The number of nitrogens with zero attached hydrogens (tertiary/aromatic N) is 2. The zero-order valence-corrected chi connectivity index (χ0v) is 13.9. The Morgan fingerprint density at radius 2 is 1.76 bits per heavy atom. The highest BCUT2D eigenvalue weighted by molar-refractivity contribution is 5.83. The van der Waals surface area contributed by atoms with Gasteiger partial charge >= 0.3 is 0 Å². The predicted molar refractivity (Wildman–Crippen MR) is 99.4 cm³/mol. The number of ether oxygens (including phenoxy) is 1. The van der Waals surface area contributed by atoms with Gasteiger partial charge in [-0.1, -0.05) is 42.5 Å². The Bertz CT molecular complexity index is 992. The molecule has 5 nitrogen and oxygen atoms in total. The zero-order chi connectivity index (χ0) is 17.1. The minimum Gasteiger partial charge on any atom is -0.497 e. The first kappa shape index (κ1) is 15.2. The molecule has 0 spiro atoms. The Morgan fingerprint density at radius 1 is 0.960 bits per heavy atom. The summed E-state index contributed by atoms with van der Waals surface area (Å²) in [5.74, 6) is 2.20. The number of fused-ring (bicyclic) bond motifs is 1. The number of H-pyrrole nitrogens is 1. The largest absolute Gasteiger partial charge is 0.497 e. The predicted octanol–water partition coefficient (Wildman–Crippen LogP) is 4.30. The lowest BCUT2D eigenvalue weighted by Gasteiger charge is -2.03. The summed E-state index contributed by atoms with van der Waals surface area (Å²) in [6.45, 7) is 0. The van der Waals surface area contributed by atoms with Crippen molar-refractivity contribution in [2.24, 2.45) is 0 Å². The summed E-state index contributed by atoms with van der Waals surface area (Å²) >= 11 is 0. The third kappa shape index (κ3) is 3.45. The average Bonchev–Trinajstić information content (AvgIpc) is 3.09. The molecule has 0 aliphatic carbocycles. The standard InChI is InChI=1S/C20H18N4O/c1-25-18-10-8-17(9-11-18)21-20-22-19(23-24-20)13-14-6-7-15-4-2-3-5-16(15)12-14/h2-12H,13H2,1H3,(H2,21,22,23,24). The molecule has 124 valence electrons. The van der Waals surface area contributed by atoms with Crippen LogP contribution in [0.4, 0.5) is 11.6 Å². The fourth-order valence-electron chi connectivity index (χ4n) is 2.78. The van der Waals surface area contributed by atoms with Gasteiger partial charge in [0.1, 0.15) is 11.6 Å². The van der Waals surface area contributed by atoms with Crippen molar-refractivity contribution in [3.63, 3.8) is 0 Å². The number of methoxy groups -OCH3 is 1. The number of hydrogen-bond acceptors (Lipinski definition) is 4. The number of hydrogen-bond donors (Lipinski definition) is 2. The van der Waals surface area contributed by atoms with E-state index in [1.807, 2.05) is 24.3 Å². The van der Waals surface area contributed by atoms with E-state index in [0.29, 0.717) is 12.4 Å². The van der Waals surface area contributed by atoms with Crippen molar-refractivity contribution in [1.29, 1.82) is 0 Å². The Kier molecular flexibility index (Phi) is 4.04. The van der Waals surface area contributed by atoms with E-state index in [9.17, 15) is 0 Å². The fraction of sp³-hybridized carbons (Fsp3) is 0.100. The minimum atomic E-state index is 0.556. The minimum absolute atomic E-state index is 0.556. The molecule has 1 aromatic heterocycles. The highest BCUT2D eigenvalue weighted by Gasteiger charge is 2.05. The summed E-state index contributed by atoms with van der Waals surface area (Å²) in [6, 6.07) is 22.4. The molecule has 25 heavy (non-hydrogen) atoms. The van der Waals surface area contributed by atoms with Crippen molar-refractivity contribution in [3.8, 4) is 5.75 Å². The van der Waals surface area contributed by atoms with Crippen molar-refractivity contribution >= 4 is 22.4 Å². The molecule has 1 heterocycles. The molecule has 0 saturated carbocycles. The van der Waals surface area contributed by atoms with Crippen LogP contribution < -0.4 is 10.1 Å². The average molecular weight is 330 g/mol. The molecule has 0 bridgehead atoms. The third-order valence-electron chi connectivity index (χ3n) is 4.06. The van der Waals surface area contributed by atoms with E-state index in [1.165, 1.54) is 16.3 Å². The molecule has 4 rings (SSSR count). The van der Waals surface area contributed by atoms with Crippen LogP contribution in [0, 0.1) is 0 Å². The topological polar surface area (TPSA) is 62.8 Å². The summed E-state index contributed by atoms with van der Waals surface area (Å²) in [7, 11) is 1.65. The van der Waals surface area contributed by atoms with Gasteiger partial charge in [-0.05, 0) is 40.6 Å². The Balaban J connectivity index is 1.48. The molecule has 0 saturated heterocycles. The number of benzene rings is 3. The second kappa shape index (κ2) is 6.65. The number of aromatic nitrogens is 3. The third-order valence-corrected chi connectivity index (χ3v) is 4.06. The summed E-state index contributed by atoms with van der Waals surface area (Å²) in [5.41, 5.74) is 2.11. The van der Waals surface area contributed by atoms with Crippen LogP contribution in [0.15, 0.2) is 66.7 Å². The lowest BCUT2D eigenvalue weighted by Crippen LogP contribution is -1.94. The summed E-state index contributed by atoms with van der Waals surface area (Å²) in [4.78, 5) is 4.51. The van der Waals surface area contributed by atoms with Crippen LogP contribution in [0.1, 0.15) is 11.4 Å². The maximum absolute atomic E-state index is 5.16. The highest BCUT2D eigenvalue weighted by atomic mass is 16.5. The van der Waals surface area contributed by atoms with E-state index < -0.39 is 0 Å². The number of anilines is 2. The molecular formula is C20H18N4O. The van der Waals surface area contributed by atoms with E-state index in [1.54, 1.807) is 7.11 Å². The van der Waals surface area contributed by atoms with Crippen molar-refractivity contribution in [2.45, 2.75) is 6.42 Å². The van der Waals surface area contributed by atoms with Gasteiger partial charge in [0, 0.05) is 12.1 Å². The lowest BCUT2D eigenvalue weighted by atomic mass is 10.1. The van der Waals surface area contributed by atoms with Gasteiger partial charge in [-0.25, -0.2) is 0 Å². The van der Waals surface area contributed by atoms with Crippen molar-refractivity contribution in [1.82, 2.24) is 15.2 Å². The molecule has 0 radical (unpaired) electrons. The van der Waals surface area contributed by atoms with Gasteiger partial charge in [-0.15, -0.1) is 5.10 Å². The van der Waals surface area contributed by atoms with E-state index in [2.05, 4.69) is 63.0 Å². The molecule has 0 aliphatic heterocycles. The Morgan fingerprint density at radius 3 is 2.56 bits per heavy atom. The molecule has 0 atom stereocenters. The quantitative estimate of drug-likeness (QED) is 0.573. The van der Waals surface area contributed by atoms with Gasteiger partial charge in [-0.3, -0.25) is 5.10 Å². The Labute approximate surface area is 145 Å². The molecular weight excluding hydrogens is 312 g/mol. The number of aromatic amines is 1. The van der Waals surface area contributed by atoms with Crippen LogP contribution in [0.25, 0.3) is 10.8 Å². The molecule has 5 heteroatoms. The lowest BCUT2D eigenvalue weighted by molar-refractivity contribution is 0.415. The van der Waals surface area contributed by atoms with Gasteiger partial charge in [0.25, 0.3) is 0 Å². The first-order chi connectivity index (χ1) is 12.3. The smallest absolute Gasteiger partial charge is 0.246 e. The van der Waals surface area contributed by atoms with Crippen molar-refractivity contribution in [2.75, 3.05) is 12.4 Å². The van der Waals surface area contributed by atoms with Crippen LogP contribution >= 0.6 is 0 Å². The number of rotatable bonds is 5. The summed E-state index contributed by atoms with van der Waals surface area (Å²) in [6.07, 6.45) is 0.710. The first-order valence-corrected chi connectivity index (χ1v) is 8.10. The molecule has 0 fully saturated rings. The van der Waals surface area contributed by atoms with Gasteiger partial charge < -0.3 is 10.1 Å². The second-order valence-corrected chi connectivity index (χ2v) is 5.82. The molecule has 0 unspecified atom stereocenters. The van der Waals surface area contributed by atoms with E-state index in [0.717, 1.165) is 17.3 Å². The van der Waals surface area contributed by atoms with Crippen LogP contribution in [-0.2, 0) is 6.42 Å². The highest BCUT2D eigenvalue weighted by Crippen LogP contribution is 2.19. The van der Waals surface area contributed by atoms with Gasteiger partial charge in [0.15, 0.2) is 0 Å². The van der Waals surface area contributed by atoms with Gasteiger partial charge in [0.2, 0.25) is 5.95 Å². The van der Waals surface area contributed by atoms with Crippen molar-refractivity contribution in [3.05, 3.63) is 78.1 Å².